The summed E-state index contributed by atoms with van der Waals surface area (Å²) in [4.78, 5) is 25.3. The first kappa shape index (κ1) is 18.7. The minimum Gasteiger partial charge on any atom is -0.340 e. The summed E-state index contributed by atoms with van der Waals surface area (Å²) in [6.45, 7) is 0. The van der Waals surface area contributed by atoms with Gasteiger partial charge in [-0.15, -0.1) is 0 Å². The Morgan fingerprint density at radius 2 is 1.41 bits per heavy atom. The maximum atomic E-state index is 12.8. The summed E-state index contributed by atoms with van der Waals surface area (Å²) >= 11 is 5.89. The second-order valence-electron chi connectivity index (χ2n) is 6.08. The van der Waals surface area contributed by atoms with Crippen LogP contribution in [-0.2, 0) is 11.2 Å². The molecule has 0 aliphatic rings. The van der Waals surface area contributed by atoms with E-state index in [0.29, 0.717) is 22.7 Å². The van der Waals surface area contributed by atoms with E-state index in [9.17, 15) is 9.59 Å². The molecule has 0 fully saturated rings. The van der Waals surface area contributed by atoms with E-state index < -0.39 is 6.04 Å². The smallest absolute Gasteiger partial charge is 0.251 e. The number of amides is 2. The summed E-state index contributed by atoms with van der Waals surface area (Å²) in [6, 6.07) is 24.5. The molecule has 1 atom stereocenters. The number of carbonyl (C=O) groups excluding carboxylic acids is 2. The Hall–Kier alpha value is -3.11. The van der Waals surface area contributed by atoms with Crippen molar-refractivity contribution >= 4 is 29.1 Å². The second-order valence-corrected chi connectivity index (χ2v) is 6.51. The van der Waals surface area contributed by atoms with Crippen molar-refractivity contribution < 1.29 is 9.59 Å². The van der Waals surface area contributed by atoms with Gasteiger partial charge in [-0.3, -0.25) is 9.59 Å². The molecule has 0 spiro atoms. The average Bonchev–Trinajstić information content (AvgIpc) is 2.70. The van der Waals surface area contributed by atoms with Gasteiger partial charge in [0.05, 0.1) is 0 Å². The van der Waals surface area contributed by atoms with Gasteiger partial charge in [0, 0.05) is 22.7 Å². The van der Waals surface area contributed by atoms with Gasteiger partial charge in [-0.05, 0) is 42.0 Å². The first-order chi connectivity index (χ1) is 13.1. The molecule has 0 heterocycles. The van der Waals surface area contributed by atoms with Crippen LogP contribution in [0.5, 0.6) is 0 Å². The first-order valence-electron chi connectivity index (χ1n) is 8.58. The lowest BCUT2D eigenvalue weighted by molar-refractivity contribution is -0.118. The molecule has 136 valence electrons. The number of hydrogen-bond donors (Lipinski definition) is 2. The SMILES string of the molecule is O=C(NC(Cc1ccccc1)C(=O)Nc1ccc(Cl)cc1)c1ccccc1. The zero-order valence-corrected chi connectivity index (χ0v) is 15.3. The Labute approximate surface area is 163 Å². The monoisotopic (exact) mass is 378 g/mol. The number of anilines is 1. The molecular weight excluding hydrogens is 360 g/mol. The number of benzene rings is 3. The Morgan fingerprint density at radius 3 is 2.04 bits per heavy atom. The van der Waals surface area contributed by atoms with Gasteiger partial charge in [0.25, 0.3) is 5.91 Å². The molecule has 2 amide bonds. The molecule has 0 bridgehead atoms. The molecule has 0 saturated heterocycles. The van der Waals surface area contributed by atoms with Crippen LogP contribution in [0.3, 0.4) is 0 Å². The lowest BCUT2D eigenvalue weighted by Gasteiger charge is -2.19. The van der Waals surface area contributed by atoms with Crippen LogP contribution in [-0.4, -0.2) is 17.9 Å². The molecule has 5 heteroatoms. The normalized spacial score (nSPS) is 11.4. The van der Waals surface area contributed by atoms with Crippen molar-refractivity contribution in [3.63, 3.8) is 0 Å². The molecule has 0 radical (unpaired) electrons. The van der Waals surface area contributed by atoms with E-state index >= 15 is 0 Å². The number of rotatable bonds is 6. The van der Waals surface area contributed by atoms with E-state index in [2.05, 4.69) is 10.6 Å². The van der Waals surface area contributed by atoms with Crippen LogP contribution in [0.25, 0.3) is 0 Å². The molecule has 3 aromatic rings. The molecule has 1 unspecified atom stereocenters. The molecule has 4 nitrogen and oxygen atoms in total. The Balaban J connectivity index is 1.77. The van der Waals surface area contributed by atoms with Crippen molar-refractivity contribution in [3.05, 3.63) is 101 Å². The summed E-state index contributed by atoms with van der Waals surface area (Å²) in [5.41, 5.74) is 2.09. The van der Waals surface area contributed by atoms with Crippen LogP contribution in [0.4, 0.5) is 5.69 Å². The molecule has 3 rings (SSSR count). The molecule has 0 aliphatic carbocycles. The highest BCUT2D eigenvalue weighted by Gasteiger charge is 2.22. The van der Waals surface area contributed by atoms with Crippen molar-refractivity contribution in [2.75, 3.05) is 5.32 Å². The maximum Gasteiger partial charge on any atom is 0.251 e. The van der Waals surface area contributed by atoms with Crippen LogP contribution in [0.1, 0.15) is 15.9 Å². The first-order valence-corrected chi connectivity index (χ1v) is 8.96. The highest BCUT2D eigenvalue weighted by atomic mass is 35.5. The minimum absolute atomic E-state index is 0.287. The summed E-state index contributed by atoms with van der Waals surface area (Å²) < 4.78 is 0. The molecule has 27 heavy (non-hydrogen) atoms. The van der Waals surface area contributed by atoms with Crippen molar-refractivity contribution in [2.24, 2.45) is 0 Å². The molecule has 3 aromatic carbocycles. The summed E-state index contributed by atoms with van der Waals surface area (Å²) in [5.74, 6) is -0.576. The minimum atomic E-state index is -0.712. The zero-order valence-electron chi connectivity index (χ0n) is 14.6. The third kappa shape index (κ3) is 5.43. The van der Waals surface area contributed by atoms with Gasteiger partial charge in [0.15, 0.2) is 0 Å². The fraction of sp³-hybridized carbons (Fsp3) is 0.0909. The molecule has 0 aliphatic heterocycles. The van der Waals surface area contributed by atoms with Gasteiger partial charge in [-0.1, -0.05) is 60.1 Å². The van der Waals surface area contributed by atoms with Gasteiger partial charge < -0.3 is 10.6 Å². The Bertz CT molecular complexity index is 897. The predicted molar refractivity (Wildman–Crippen MR) is 108 cm³/mol. The largest absolute Gasteiger partial charge is 0.340 e. The van der Waals surface area contributed by atoms with Crippen molar-refractivity contribution in [1.82, 2.24) is 5.32 Å². The molecule has 2 N–H and O–H groups in total. The van der Waals surface area contributed by atoms with Crippen LogP contribution in [0.2, 0.25) is 5.02 Å². The summed E-state index contributed by atoms with van der Waals surface area (Å²) in [7, 11) is 0. The van der Waals surface area contributed by atoms with Gasteiger partial charge in [-0.2, -0.15) is 0 Å². The lowest BCUT2D eigenvalue weighted by atomic mass is 10.0. The van der Waals surface area contributed by atoms with E-state index in [-0.39, 0.29) is 11.8 Å². The average molecular weight is 379 g/mol. The zero-order chi connectivity index (χ0) is 19.1. The number of halogens is 1. The van der Waals surface area contributed by atoms with Crippen molar-refractivity contribution in [1.29, 1.82) is 0 Å². The van der Waals surface area contributed by atoms with E-state index in [1.165, 1.54) is 0 Å². The van der Waals surface area contributed by atoms with Gasteiger partial charge in [0.2, 0.25) is 5.91 Å². The Kier molecular flexibility index (Phi) is 6.23. The second kappa shape index (κ2) is 9.01. The van der Waals surface area contributed by atoms with Gasteiger partial charge >= 0.3 is 0 Å². The molecule has 0 saturated carbocycles. The van der Waals surface area contributed by atoms with Crippen LogP contribution >= 0.6 is 11.6 Å². The quantitative estimate of drug-likeness (QED) is 0.671. The lowest BCUT2D eigenvalue weighted by Crippen LogP contribution is -2.45. The standard InChI is InChI=1S/C22H19ClN2O2/c23-18-11-13-19(14-12-18)24-22(27)20(15-16-7-3-1-4-8-16)25-21(26)17-9-5-2-6-10-17/h1-14,20H,15H2,(H,24,27)(H,25,26). The number of nitrogens with one attached hydrogen (secondary N) is 2. The fourth-order valence-corrected chi connectivity index (χ4v) is 2.78. The molecular formula is C22H19ClN2O2. The van der Waals surface area contributed by atoms with Crippen molar-refractivity contribution in [2.45, 2.75) is 12.5 Å². The van der Waals surface area contributed by atoms with E-state index in [4.69, 9.17) is 11.6 Å². The van der Waals surface area contributed by atoms with E-state index in [0.717, 1.165) is 5.56 Å². The van der Waals surface area contributed by atoms with E-state index in [1.807, 2.05) is 36.4 Å². The van der Waals surface area contributed by atoms with Gasteiger partial charge in [0.1, 0.15) is 6.04 Å². The Morgan fingerprint density at radius 1 is 0.815 bits per heavy atom. The van der Waals surface area contributed by atoms with Gasteiger partial charge in [-0.25, -0.2) is 0 Å². The highest BCUT2D eigenvalue weighted by molar-refractivity contribution is 6.30. The predicted octanol–water partition coefficient (Wildman–Crippen LogP) is 4.32. The maximum absolute atomic E-state index is 12.8. The molecule has 0 aromatic heterocycles. The number of carbonyl (C=O) groups is 2. The third-order valence-corrected chi connectivity index (χ3v) is 4.30. The summed E-state index contributed by atoms with van der Waals surface area (Å²) in [6.07, 6.45) is 0.388. The highest BCUT2D eigenvalue weighted by Crippen LogP contribution is 2.14. The fourth-order valence-electron chi connectivity index (χ4n) is 2.65. The number of hydrogen-bond acceptors (Lipinski definition) is 2. The topological polar surface area (TPSA) is 58.2 Å². The van der Waals surface area contributed by atoms with Crippen LogP contribution < -0.4 is 10.6 Å². The van der Waals surface area contributed by atoms with Crippen LogP contribution in [0.15, 0.2) is 84.9 Å². The van der Waals surface area contributed by atoms with E-state index in [1.54, 1.807) is 48.5 Å². The summed E-state index contributed by atoms with van der Waals surface area (Å²) in [5, 5.41) is 6.26. The third-order valence-electron chi connectivity index (χ3n) is 4.05. The van der Waals surface area contributed by atoms with Crippen molar-refractivity contribution in [3.8, 4) is 0 Å². The van der Waals surface area contributed by atoms with Crippen LogP contribution in [0, 0.1) is 0 Å².